The summed E-state index contributed by atoms with van der Waals surface area (Å²) < 4.78 is 19.0. The van der Waals surface area contributed by atoms with Crippen molar-refractivity contribution < 1.29 is 18.7 Å². The smallest absolute Gasteiger partial charge is 0.407 e. The second kappa shape index (κ2) is 12.5. The molecule has 8 heteroatoms. The fourth-order valence-corrected chi connectivity index (χ4v) is 5.52. The van der Waals surface area contributed by atoms with Crippen LogP contribution in [0.2, 0.25) is 0 Å². The highest BCUT2D eigenvalue weighted by atomic mass is 19.1. The number of halogens is 1. The molecule has 0 bridgehead atoms. The Morgan fingerprint density at radius 1 is 1.05 bits per heavy atom. The lowest BCUT2D eigenvalue weighted by Gasteiger charge is -2.33. The molecule has 1 saturated heterocycles. The van der Waals surface area contributed by atoms with Crippen molar-refractivity contribution in [3.05, 3.63) is 66.0 Å². The number of hydrogen-bond donors (Lipinski definition) is 2. The van der Waals surface area contributed by atoms with Crippen molar-refractivity contribution in [2.24, 2.45) is 16.8 Å². The highest BCUT2D eigenvalue weighted by Gasteiger charge is 2.37. The Kier molecular flexibility index (Phi) is 9.15. The van der Waals surface area contributed by atoms with Gasteiger partial charge in [0.2, 0.25) is 5.91 Å². The molecule has 0 aromatic heterocycles. The van der Waals surface area contributed by atoms with E-state index < -0.39 is 17.6 Å². The van der Waals surface area contributed by atoms with Crippen LogP contribution in [0.3, 0.4) is 0 Å². The van der Waals surface area contributed by atoms with Crippen LogP contribution in [0.25, 0.3) is 0 Å². The van der Waals surface area contributed by atoms with Crippen molar-refractivity contribution in [3.8, 4) is 0 Å². The van der Waals surface area contributed by atoms with Gasteiger partial charge in [0.25, 0.3) is 0 Å². The van der Waals surface area contributed by atoms with Crippen LogP contribution in [0, 0.1) is 23.1 Å². The number of nitrogens with zero attached hydrogens (tertiary/aromatic N) is 2. The average molecular weight is 535 g/mol. The van der Waals surface area contributed by atoms with E-state index in [1.807, 2.05) is 43.9 Å². The number of carbonyl (C=O) groups is 2. The number of alkyl carbamates (subject to hydrolysis) is 1. The zero-order valence-corrected chi connectivity index (χ0v) is 23.0. The number of rotatable bonds is 7. The zero-order chi connectivity index (χ0) is 28.0. The molecule has 39 heavy (non-hydrogen) atoms. The Morgan fingerprint density at radius 2 is 1.72 bits per heavy atom. The minimum Gasteiger partial charge on any atom is -0.444 e. The van der Waals surface area contributed by atoms with Gasteiger partial charge in [-0.2, -0.15) is 0 Å². The van der Waals surface area contributed by atoms with E-state index in [2.05, 4.69) is 17.4 Å². The monoisotopic (exact) mass is 534 g/mol. The number of amides is 2. The lowest BCUT2D eigenvalue weighted by molar-refractivity contribution is -0.130. The van der Waals surface area contributed by atoms with Gasteiger partial charge < -0.3 is 20.4 Å². The van der Waals surface area contributed by atoms with Gasteiger partial charge >= 0.3 is 6.09 Å². The third-order valence-electron chi connectivity index (χ3n) is 7.47. The molecular formula is C31H39FN4O3. The minimum atomic E-state index is -0.787. The van der Waals surface area contributed by atoms with E-state index in [4.69, 9.17) is 15.1 Å². The minimum absolute atomic E-state index is 0.0254. The summed E-state index contributed by atoms with van der Waals surface area (Å²) in [5.41, 5.74) is 1.85. The first kappa shape index (κ1) is 28.5. The highest BCUT2D eigenvalue weighted by Crippen LogP contribution is 2.33. The van der Waals surface area contributed by atoms with E-state index in [1.54, 1.807) is 12.1 Å². The molecule has 2 N–H and O–H groups in total. The standard InChI is InChI=1S/C31H39FN4O3/c1-31(2,3)39-30(38)35-26-13-9-22(10-14-26)28(34-25-15-11-24(32)12-16-25)27(19-33)29(37)36-18-17-23(20-36)21-7-5-4-6-8-21/h4-8,11-12,15-16,19,22-23,26-27,33H,9-10,13-14,17-18,20H2,1-3H3,(H,35,38). The number of carbonyl (C=O) groups excluding carboxylic acids is 2. The number of aliphatic imine (C=N–C) groups is 1. The number of hydrogen-bond acceptors (Lipinski definition) is 5. The van der Waals surface area contributed by atoms with Crippen LogP contribution in [0.4, 0.5) is 14.9 Å². The molecule has 7 nitrogen and oxygen atoms in total. The summed E-state index contributed by atoms with van der Waals surface area (Å²) in [5.74, 6) is -1.01. The molecule has 2 aromatic rings. The number of nitrogens with one attached hydrogen (secondary N) is 2. The van der Waals surface area contributed by atoms with Gasteiger partial charge in [-0.25, -0.2) is 9.18 Å². The first-order valence-electron chi connectivity index (χ1n) is 13.8. The third kappa shape index (κ3) is 7.74. The number of benzene rings is 2. The summed E-state index contributed by atoms with van der Waals surface area (Å²) in [6, 6.07) is 16.1. The molecule has 1 aliphatic heterocycles. The average Bonchev–Trinajstić information content (AvgIpc) is 3.40. The van der Waals surface area contributed by atoms with E-state index >= 15 is 0 Å². The summed E-state index contributed by atoms with van der Waals surface area (Å²) in [7, 11) is 0. The normalized spacial score (nSPS) is 22.7. The first-order valence-corrected chi connectivity index (χ1v) is 13.8. The molecule has 2 atom stereocenters. The van der Waals surface area contributed by atoms with Crippen molar-refractivity contribution in [1.82, 2.24) is 10.2 Å². The molecule has 0 radical (unpaired) electrons. The van der Waals surface area contributed by atoms with Gasteiger partial charge in [-0.3, -0.25) is 9.79 Å². The van der Waals surface area contributed by atoms with E-state index in [-0.39, 0.29) is 29.6 Å². The predicted molar refractivity (Wildman–Crippen MR) is 151 cm³/mol. The Labute approximate surface area is 230 Å². The molecule has 0 spiro atoms. The Hall–Kier alpha value is -3.55. The summed E-state index contributed by atoms with van der Waals surface area (Å²) in [6.45, 7) is 6.75. The lowest BCUT2D eigenvalue weighted by atomic mass is 9.79. The Bertz CT molecular complexity index is 1170. The van der Waals surface area contributed by atoms with Gasteiger partial charge in [-0.15, -0.1) is 0 Å². The van der Waals surface area contributed by atoms with E-state index in [9.17, 15) is 14.0 Å². The molecular weight excluding hydrogens is 495 g/mol. The molecule has 1 saturated carbocycles. The van der Waals surface area contributed by atoms with Gasteiger partial charge in [-0.05, 0) is 88.6 Å². The predicted octanol–water partition coefficient (Wildman–Crippen LogP) is 6.26. The molecule has 2 amide bonds. The van der Waals surface area contributed by atoms with Crippen LogP contribution >= 0.6 is 0 Å². The van der Waals surface area contributed by atoms with Crippen molar-refractivity contribution in [2.75, 3.05) is 13.1 Å². The third-order valence-corrected chi connectivity index (χ3v) is 7.47. The van der Waals surface area contributed by atoms with E-state index in [1.165, 1.54) is 23.9 Å². The van der Waals surface area contributed by atoms with Gasteiger partial charge in [0, 0.05) is 37.0 Å². The summed E-state index contributed by atoms with van der Waals surface area (Å²) in [5, 5.41) is 11.2. The van der Waals surface area contributed by atoms with Gasteiger partial charge in [0.15, 0.2) is 0 Å². The summed E-state index contributed by atoms with van der Waals surface area (Å²) in [6.07, 6.45) is 4.50. The molecule has 2 aliphatic rings. The summed E-state index contributed by atoms with van der Waals surface area (Å²) >= 11 is 0. The Balaban J connectivity index is 1.50. The quantitative estimate of drug-likeness (QED) is 0.410. The fourth-order valence-electron chi connectivity index (χ4n) is 5.52. The SMILES string of the molecule is CC(C)(C)OC(=O)NC1CCC(C(=Nc2ccc(F)cc2)C(C=N)C(=O)N2CCC(c3ccccc3)C2)CC1. The maximum Gasteiger partial charge on any atom is 0.407 e. The van der Waals surface area contributed by atoms with Crippen LogP contribution < -0.4 is 5.32 Å². The highest BCUT2D eigenvalue weighted by molar-refractivity contribution is 6.16. The van der Waals surface area contributed by atoms with E-state index in [0.29, 0.717) is 50.2 Å². The summed E-state index contributed by atoms with van der Waals surface area (Å²) in [4.78, 5) is 32.7. The van der Waals surface area contributed by atoms with Crippen LogP contribution in [0.15, 0.2) is 59.6 Å². The second-order valence-electron chi connectivity index (χ2n) is 11.5. The van der Waals surface area contributed by atoms with Crippen LogP contribution in [-0.2, 0) is 9.53 Å². The largest absolute Gasteiger partial charge is 0.444 e. The zero-order valence-electron chi connectivity index (χ0n) is 23.0. The van der Waals surface area contributed by atoms with Crippen molar-refractivity contribution in [3.63, 3.8) is 0 Å². The molecule has 2 aromatic carbocycles. The molecule has 1 heterocycles. The molecule has 1 aliphatic carbocycles. The van der Waals surface area contributed by atoms with E-state index in [0.717, 1.165) is 6.42 Å². The van der Waals surface area contributed by atoms with Crippen LogP contribution in [0.5, 0.6) is 0 Å². The fraction of sp³-hybridized carbons (Fsp3) is 0.484. The first-order chi connectivity index (χ1) is 18.6. The van der Waals surface area contributed by atoms with Gasteiger partial charge in [0.1, 0.15) is 17.3 Å². The molecule has 2 fully saturated rings. The van der Waals surface area contributed by atoms with Crippen LogP contribution in [-0.4, -0.2) is 53.6 Å². The number of likely N-dealkylation sites (tertiary alicyclic amines) is 1. The lowest BCUT2D eigenvalue weighted by Crippen LogP contribution is -2.44. The maximum atomic E-state index is 13.8. The maximum absolute atomic E-state index is 13.8. The molecule has 208 valence electrons. The number of ether oxygens (including phenoxy) is 1. The van der Waals surface area contributed by atoms with Gasteiger partial charge in [-0.1, -0.05) is 30.3 Å². The van der Waals surface area contributed by atoms with Crippen LogP contribution in [0.1, 0.15) is 64.4 Å². The van der Waals surface area contributed by atoms with Gasteiger partial charge in [0.05, 0.1) is 5.69 Å². The van der Waals surface area contributed by atoms with Crippen molar-refractivity contribution in [1.29, 1.82) is 5.41 Å². The van der Waals surface area contributed by atoms with Crippen molar-refractivity contribution in [2.45, 2.75) is 70.4 Å². The molecule has 2 unspecified atom stereocenters. The Morgan fingerprint density at radius 3 is 2.33 bits per heavy atom. The molecule has 4 rings (SSSR count). The topological polar surface area (TPSA) is 94.8 Å². The van der Waals surface area contributed by atoms with Crippen molar-refractivity contribution >= 4 is 29.6 Å². The second-order valence-corrected chi connectivity index (χ2v) is 11.5.